The number of rotatable bonds is 6. The maximum absolute atomic E-state index is 14.1. The van der Waals surface area contributed by atoms with Crippen LogP contribution in [0.2, 0.25) is 0 Å². The topological polar surface area (TPSA) is 75.7 Å². The van der Waals surface area contributed by atoms with Crippen LogP contribution in [0.3, 0.4) is 0 Å². The highest BCUT2D eigenvalue weighted by Crippen LogP contribution is 2.33. The van der Waals surface area contributed by atoms with E-state index in [1.54, 1.807) is 19.1 Å². The number of nitrogens with one attached hydrogen (secondary N) is 1. The van der Waals surface area contributed by atoms with Crippen LogP contribution >= 0.6 is 0 Å². The van der Waals surface area contributed by atoms with Gasteiger partial charge in [-0.25, -0.2) is 12.8 Å². The highest BCUT2D eigenvalue weighted by Gasteiger charge is 2.34. The van der Waals surface area contributed by atoms with Gasteiger partial charge in [-0.1, -0.05) is 6.07 Å². The molecule has 1 fully saturated rings. The van der Waals surface area contributed by atoms with E-state index in [9.17, 15) is 17.6 Å². The third-order valence-corrected chi connectivity index (χ3v) is 6.60. The van der Waals surface area contributed by atoms with Gasteiger partial charge in [0.25, 0.3) is 10.0 Å². The van der Waals surface area contributed by atoms with E-state index in [2.05, 4.69) is 4.72 Å². The van der Waals surface area contributed by atoms with Gasteiger partial charge in [-0.3, -0.25) is 9.52 Å². The van der Waals surface area contributed by atoms with E-state index >= 15 is 0 Å². The smallest absolute Gasteiger partial charge is 0.262 e. The Labute approximate surface area is 169 Å². The fourth-order valence-corrected chi connectivity index (χ4v) is 4.59. The summed E-state index contributed by atoms with van der Waals surface area (Å²) in [5.41, 5.74) is 2.43. The number of fused-ring (bicyclic) bond motifs is 1. The van der Waals surface area contributed by atoms with Crippen molar-refractivity contribution < 1.29 is 22.3 Å². The molecule has 1 amide bonds. The number of halogens is 1. The van der Waals surface area contributed by atoms with Gasteiger partial charge in [-0.2, -0.15) is 0 Å². The third kappa shape index (κ3) is 4.22. The van der Waals surface area contributed by atoms with Gasteiger partial charge in [-0.05, 0) is 67.6 Å². The number of ether oxygens (including phenoxy) is 1. The van der Waals surface area contributed by atoms with Crippen molar-refractivity contribution >= 4 is 21.6 Å². The second kappa shape index (κ2) is 7.67. The molecule has 0 radical (unpaired) electrons. The van der Waals surface area contributed by atoms with Gasteiger partial charge in [0.2, 0.25) is 5.91 Å². The lowest BCUT2D eigenvalue weighted by molar-refractivity contribution is -0.133. The predicted octanol–water partition coefficient (Wildman–Crippen LogP) is 3.32. The minimum Gasteiger partial charge on any atom is -0.491 e. The van der Waals surface area contributed by atoms with Crippen LogP contribution in [0, 0.1) is 11.7 Å². The molecule has 0 saturated heterocycles. The van der Waals surface area contributed by atoms with Crippen LogP contribution in [0.15, 0.2) is 41.3 Å². The zero-order valence-corrected chi connectivity index (χ0v) is 17.0. The summed E-state index contributed by atoms with van der Waals surface area (Å²) >= 11 is 0. The maximum atomic E-state index is 14.1. The summed E-state index contributed by atoms with van der Waals surface area (Å²) in [5, 5.41) is 0. The Morgan fingerprint density at radius 2 is 2.00 bits per heavy atom. The Hall–Kier alpha value is -2.61. The molecule has 8 heteroatoms. The summed E-state index contributed by atoms with van der Waals surface area (Å²) in [5.74, 6) is -0.366. The standard InChI is InChI=1S/C21H23FN2O4S/c1-2-28-20-8-7-18(12-19(20)22)29(26,27)23-17-6-5-14-9-10-24(13-16(14)11-17)21(25)15-3-4-15/h5-8,11-12,15,23H,2-4,9-10,13H2,1H3. The SMILES string of the molecule is CCOc1ccc(S(=O)(=O)Nc2ccc3c(c2)CN(C(=O)C2CC2)CC3)cc1F. The van der Waals surface area contributed by atoms with Crippen LogP contribution < -0.4 is 9.46 Å². The van der Waals surface area contributed by atoms with Crippen molar-refractivity contribution in [3.63, 3.8) is 0 Å². The van der Waals surface area contributed by atoms with E-state index in [0.717, 1.165) is 36.5 Å². The summed E-state index contributed by atoms with van der Waals surface area (Å²) < 4.78 is 47.0. The Balaban J connectivity index is 1.53. The number of hydrogen-bond donors (Lipinski definition) is 1. The first-order valence-corrected chi connectivity index (χ1v) is 11.2. The molecule has 2 aromatic rings. The van der Waals surface area contributed by atoms with Gasteiger partial charge in [-0.15, -0.1) is 0 Å². The van der Waals surface area contributed by atoms with Crippen LogP contribution in [0.1, 0.15) is 30.9 Å². The molecule has 0 bridgehead atoms. The Bertz CT molecular complexity index is 1050. The Kier molecular flexibility index (Phi) is 5.21. The molecule has 4 rings (SSSR count). The molecule has 29 heavy (non-hydrogen) atoms. The van der Waals surface area contributed by atoms with E-state index in [-0.39, 0.29) is 29.1 Å². The molecule has 2 aliphatic rings. The molecule has 0 unspecified atom stereocenters. The van der Waals surface area contributed by atoms with Crippen LogP contribution in [0.5, 0.6) is 5.75 Å². The minimum atomic E-state index is -3.95. The van der Waals surface area contributed by atoms with E-state index < -0.39 is 15.8 Å². The van der Waals surface area contributed by atoms with Crippen molar-refractivity contribution in [2.75, 3.05) is 17.9 Å². The van der Waals surface area contributed by atoms with Crippen LogP contribution in [-0.2, 0) is 27.8 Å². The number of carbonyl (C=O) groups is 1. The molecule has 1 N–H and O–H groups in total. The number of carbonyl (C=O) groups excluding carboxylic acids is 1. The van der Waals surface area contributed by atoms with E-state index in [1.165, 1.54) is 12.1 Å². The summed E-state index contributed by atoms with van der Waals surface area (Å²) in [6.45, 7) is 3.19. The second-order valence-electron chi connectivity index (χ2n) is 7.40. The molecular formula is C21H23FN2O4S. The zero-order valence-electron chi connectivity index (χ0n) is 16.2. The normalized spacial score (nSPS) is 16.3. The van der Waals surface area contributed by atoms with Crippen LogP contribution in [0.4, 0.5) is 10.1 Å². The number of anilines is 1. The molecule has 6 nitrogen and oxygen atoms in total. The van der Waals surface area contributed by atoms with Crippen molar-refractivity contribution in [1.29, 1.82) is 0 Å². The van der Waals surface area contributed by atoms with Crippen molar-refractivity contribution in [2.24, 2.45) is 5.92 Å². The summed E-state index contributed by atoms with van der Waals surface area (Å²) in [6.07, 6.45) is 2.67. The molecule has 0 atom stereocenters. The Morgan fingerprint density at radius 3 is 2.69 bits per heavy atom. The summed E-state index contributed by atoms with van der Waals surface area (Å²) in [6, 6.07) is 8.89. The molecule has 0 aromatic heterocycles. The number of nitrogens with zero attached hydrogens (tertiary/aromatic N) is 1. The highest BCUT2D eigenvalue weighted by atomic mass is 32.2. The van der Waals surface area contributed by atoms with Crippen LogP contribution in [0.25, 0.3) is 0 Å². The average molecular weight is 418 g/mol. The number of amides is 1. The lowest BCUT2D eigenvalue weighted by Crippen LogP contribution is -2.36. The lowest BCUT2D eigenvalue weighted by Gasteiger charge is -2.29. The molecule has 1 aliphatic heterocycles. The quantitative estimate of drug-likeness (QED) is 0.781. The monoisotopic (exact) mass is 418 g/mol. The highest BCUT2D eigenvalue weighted by molar-refractivity contribution is 7.92. The summed E-state index contributed by atoms with van der Waals surface area (Å²) in [7, 11) is -3.95. The Morgan fingerprint density at radius 1 is 1.21 bits per heavy atom. The van der Waals surface area contributed by atoms with Crippen LogP contribution in [-0.4, -0.2) is 32.4 Å². The molecule has 1 saturated carbocycles. The van der Waals surface area contributed by atoms with E-state index in [1.807, 2.05) is 11.0 Å². The van der Waals surface area contributed by atoms with Gasteiger partial charge in [0.05, 0.1) is 11.5 Å². The van der Waals surface area contributed by atoms with Gasteiger partial charge >= 0.3 is 0 Å². The van der Waals surface area contributed by atoms with Crippen molar-refractivity contribution in [3.8, 4) is 5.75 Å². The molecule has 2 aromatic carbocycles. The summed E-state index contributed by atoms with van der Waals surface area (Å²) in [4.78, 5) is 14.0. The first kappa shape index (κ1) is 19.7. The maximum Gasteiger partial charge on any atom is 0.262 e. The molecule has 1 aliphatic carbocycles. The van der Waals surface area contributed by atoms with Gasteiger partial charge in [0, 0.05) is 24.7 Å². The largest absolute Gasteiger partial charge is 0.491 e. The third-order valence-electron chi connectivity index (χ3n) is 5.22. The van der Waals surface area contributed by atoms with E-state index in [4.69, 9.17) is 4.74 Å². The van der Waals surface area contributed by atoms with Gasteiger partial charge in [0.1, 0.15) is 0 Å². The molecule has 1 heterocycles. The molecular weight excluding hydrogens is 395 g/mol. The van der Waals surface area contributed by atoms with E-state index in [0.29, 0.717) is 18.8 Å². The second-order valence-corrected chi connectivity index (χ2v) is 9.08. The van der Waals surface area contributed by atoms with Crippen molar-refractivity contribution in [2.45, 2.75) is 37.6 Å². The number of benzene rings is 2. The first-order valence-electron chi connectivity index (χ1n) is 9.73. The lowest BCUT2D eigenvalue weighted by atomic mass is 9.99. The van der Waals surface area contributed by atoms with Crippen molar-refractivity contribution in [1.82, 2.24) is 4.90 Å². The predicted molar refractivity (Wildman–Crippen MR) is 107 cm³/mol. The molecule has 154 valence electrons. The molecule has 0 spiro atoms. The zero-order chi connectivity index (χ0) is 20.6. The van der Waals surface area contributed by atoms with Gasteiger partial charge < -0.3 is 9.64 Å². The average Bonchev–Trinajstić information content (AvgIpc) is 3.53. The fraction of sp³-hybridized carbons (Fsp3) is 0.381. The fourth-order valence-electron chi connectivity index (χ4n) is 3.53. The first-order chi connectivity index (χ1) is 13.9. The van der Waals surface area contributed by atoms with Gasteiger partial charge in [0.15, 0.2) is 11.6 Å². The minimum absolute atomic E-state index is 0.0145. The van der Waals surface area contributed by atoms with Crippen molar-refractivity contribution in [3.05, 3.63) is 53.3 Å². The number of sulfonamides is 1. The number of hydrogen-bond acceptors (Lipinski definition) is 4.